The first kappa shape index (κ1) is 14.5. The highest BCUT2D eigenvalue weighted by atomic mass is 32.1. The number of esters is 1. The highest BCUT2D eigenvalue weighted by molar-refractivity contribution is 7.15. The smallest absolute Gasteiger partial charge is 0.357 e. The van der Waals surface area contributed by atoms with E-state index in [0.29, 0.717) is 17.4 Å². The molecule has 0 spiro atoms. The second-order valence-electron chi connectivity index (χ2n) is 3.69. The van der Waals surface area contributed by atoms with Gasteiger partial charge in [-0.3, -0.25) is 4.40 Å². The summed E-state index contributed by atoms with van der Waals surface area (Å²) in [5, 5.41) is 4.37. The van der Waals surface area contributed by atoms with Crippen molar-refractivity contribution < 1.29 is 9.53 Å². The SMILES string of the molecule is CCOC(=O)c1c(C)nc2sccn12.Nc1nccs1. The van der Waals surface area contributed by atoms with Crippen LogP contribution >= 0.6 is 22.7 Å². The summed E-state index contributed by atoms with van der Waals surface area (Å²) >= 11 is 2.95. The number of aryl methyl sites for hydroxylation is 1. The minimum absolute atomic E-state index is 0.309. The van der Waals surface area contributed by atoms with Crippen LogP contribution in [0.5, 0.6) is 0 Å². The lowest BCUT2D eigenvalue weighted by molar-refractivity contribution is 0.0517. The Morgan fingerprint density at radius 2 is 2.25 bits per heavy atom. The number of imidazole rings is 1. The predicted molar refractivity (Wildman–Crippen MR) is 80.3 cm³/mol. The number of anilines is 1. The van der Waals surface area contributed by atoms with Crippen molar-refractivity contribution in [3.8, 4) is 0 Å². The Morgan fingerprint density at radius 1 is 1.45 bits per heavy atom. The summed E-state index contributed by atoms with van der Waals surface area (Å²) in [6.45, 7) is 3.99. The minimum atomic E-state index is -0.309. The lowest BCUT2D eigenvalue weighted by Crippen LogP contribution is -2.08. The normalized spacial score (nSPS) is 10.1. The number of carbonyl (C=O) groups excluding carboxylic acids is 1. The number of nitrogen functional groups attached to an aromatic ring is 1. The van der Waals surface area contributed by atoms with Gasteiger partial charge in [0.25, 0.3) is 0 Å². The number of carbonyl (C=O) groups is 1. The van der Waals surface area contributed by atoms with Crippen LogP contribution in [0.15, 0.2) is 23.2 Å². The number of fused-ring (bicyclic) bond motifs is 1. The van der Waals surface area contributed by atoms with Crippen LogP contribution in [-0.4, -0.2) is 26.9 Å². The largest absolute Gasteiger partial charge is 0.461 e. The summed E-state index contributed by atoms with van der Waals surface area (Å²) < 4.78 is 6.71. The van der Waals surface area contributed by atoms with Crippen molar-refractivity contribution in [1.29, 1.82) is 0 Å². The lowest BCUT2D eigenvalue weighted by Gasteiger charge is -2.00. The Kier molecular flexibility index (Phi) is 4.70. The van der Waals surface area contributed by atoms with Gasteiger partial charge in [-0.05, 0) is 13.8 Å². The molecule has 0 aliphatic heterocycles. The topological polar surface area (TPSA) is 82.5 Å². The first-order valence-corrected chi connectivity index (χ1v) is 7.63. The third-order valence-corrected chi connectivity index (χ3v) is 3.72. The summed E-state index contributed by atoms with van der Waals surface area (Å²) in [5.41, 5.74) is 6.43. The van der Waals surface area contributed by atoms with Crippen LogP contribution in [0.3, 0.4) is 0 Å². The summed E-state index contributed by atoms with van der Waals surface area (Å²) in [7, 11) is 0. The number of nitrogens with two attached hydrogens (primary N) is 1. The first-order chi connectivity index (χ1) is 9.63. The Balaban J connectivity index is 0.000000205. The van der Waals surface area contributed by atoms with E-state index in [4.69, 9.17) is 10.5 Å². The zero-order chi connectivity index (χ0) is 14.5. The van der Waals surface area contributed by atoms with Crippen LogP contribution < -0.4 is 5.73 Å². The van der Waals surface area contributed by atoms with Crippen LogP contribution in [0.4, 0.5) is 5.13 Å². The van der Waals surface area contributed by atoms with Gasteiger partial charge in [0.05, 0.1) is 12.3 Å². The Labute approximate surface area is 123 Å². The molecule has 6 nitrogen and oxygen atoms in total. The molecule has 0 radical (unpaired) electrons. The van der Waals surface area contributed by atoms with E-state index < -0.39 is 0 Å². The molecule has 0 fully saturated rings. The molecule has 3 rings (SSSR count). The van der Waals surface area contributed by atoms with Crippen LogP contribution in [-0.2, 0) is 4.74 Å². The fourth-order valence-corrected chi connectivity index (χ4v) is 2.72. The van der Waals surface area contributed by atoms with E-state index in [1.807, 2.05) is 23.9 Å². The summed E-state index contributed by atoms with van der Waals surface area (Å²) in [6, 6.07) is 0. The van der Waals surface area contributed by atoms with Gasteiger partial charge in [-0.25, -0.2) is 14.8 Å². The standard InChI is InChI=1S/C9H10N2O2S.C3H4N2S/c1-3-13-8(12)7-6(2)10-9-11(7)4-5-14-9;4-3-5-1-2-6-3/h4-5H,3H2,1-2H3;1-2H,(H2,4,5). The van der Waals surface area contributed by atoms with Crippen molar-refractivity contribution in [3.63, 3.8) is 0 Å². The minimum Gasteiger partial charge on any atom is -0.461 e. The number of ether oxygens (including phenoxy) is 1. The molecular formula is C12H14N4O2S2. The van der Waals surface area contributed by atoms with Crippen LogP contribution in [0.25, 0.3) is 4.96 Å². The van der Waals surface area contributed by atoms with E-state index in [1.165, 1.54) is 22.7 Å². The van der Waals surface area contributed by atoms with E-state index in [9.17, 15) is 4.79 Å². The molecule has 0 aromatic carbocycles. The zero-order valence-electron chi connectivity index (χ0n) is 11.1. The molecule has 3 aromatic rings. The monoisotopic (exact) mass is 310 g/mol. The van der Waals surface area contributed by atoms with Crippen molar-refractivity contribution in [1.82, 2.24) is 14.4 Å². The molecule has 0 aliphatic carbocycles. The van der Waals surface area contributed by atoms with E-state index in [-0.39, 0.29) is 5.97 Å². The second kappa shape index (κ2) is 6.49. The Hall–Kier alpha value is -1.93. The summed E-state index contributed by atoms with van der Waals surface area (Å²) in [4.78, 5) is 20.4. The third kappa shape index (κ3) is 3.14. The van der Waals surface area contributed by atoms with Crippen molar-refractivity contribution >= 4 is 38.7 Å². The second-order valence-corrected chi connectivity index (χ2v) is 5.49. The van der Waals surface area contributed by atoms with E-state index in [0.717, 1.165) is 10.7 Å². The van der Waals surface area contributed by atoms with Gasteiger partial charge in [0.1, 0.15) is 0 Å². The maximum Gasteiger partial charge on any atom is 0.357 e. The van der Waals surface area contributed by atoms with Crippen LogP contribution in [0.2, 0.25) is 0 Å². The number of aromatic nitrogens is 3. The van der Waals surface area contributed by atoms with Crippen molar-refractivity contribution in [3.05, 3.63) is 34.5 Å². The maximum absolute atomic E-state index is 11.6. The molecule has 3 aromatic heterocycles. The van der Waals surface area contributed by atoms with E-state index in [1.54, 1.807) is 17.5 Å². The average Bonchev–Trinajstić information content (AvgIpc) is 3.07. The van der Waals surface area contributed by atoms with Gasteiger partial charge in [-0.15, -0.1) is 22.7 Å². The molecule has 0 unspecified atom stereocenters. The van der Waals surface area contributed by atoms with Crippen molar-refractivity contribution in [2.24, 2.45) is 0 Å². The number of thiazole rings is 2. The van der Waals surface area contributed by atoms with Gasteiger partial charge in [0, 0.05) is 23.2 Å². The highest BCUT2D eigenvalue weighted by Gasteiger charge is 2.17. The van der Waals surface area contributed by atoms with Gasteiger partial charge in [0.2, 0.25) is 0 Å². The molecule has 106 valence electrons. The zero-order valence-corrected chi connectivity index (χ0v) is 12.7. The fourth-order valence-electron chi connectivity index (χ4n) is 1.57. The first-order valence-electron chi connectivity index (χ1n) is 5.87. The lowest BCUT2D eigenvalue weighted by atomic mass is 10.3. The molecule has 0 saturated heterocycles. The Morgan fingerprint density at radius 3 is 2.80 bits per heavy atom. The van der Waals surface area contributed by atoms with E-state index in [2.05, 4.69) is 9.97 Å². The molecule has 2 N–H and O–H groups in total. The van der Waals surface area contributed by atoms with Crippen LogP contribution in [0.1, 0.15) is 23.1 Å². The van der Waals surface area contributed by atoms with E-state index >= 15 is 0 Å². The molecule has 0 aliphatic rings. The van der Waals surface area contributed by atoms with Crippen molar-refractivity contribution in [2.75, 3.05) is 12.3 Å². The number of rotatable bonds is 2. The van der Waals surface area contributed by atoms with Crippen molar-refractivity contribution in [2.45, 2.75) is 13.8 Å². The van der Waals surface area contributed by atoms with Gasteiger partial charge in [0.15, 0.2) is 15.8 Å². The predicted octanol–water partition coefficient (Wildman–Crippen LogP) is 2.61. The molecule has 3 heterocycles. The molecule has 8 heteroatoms. The number of hydrogen-bond donors (Lipinski definition) is 1. The van der Waals surface area contributed by atoms with Crippen LogP contribution in [0, 0.1) is 6.92 Å². The number of nitrogens with zero attached hydrogens (tertiary/aromatic N) is 3. The third-order valence-electron chi connectivity index (χ3n) is 2.36. The number of hydrogen-bond acceptors (Lipinski definition) is 7. The quantitative estimate of drug-likeness (QED) is 0.736. The van der Waals surface area contributed by atoms with Gasteiger partial charge in [-0.2, -0.15) is 0 Å². The molecule has 0 atom stereocenters. The van der Waals surface area contributed by atoms with Gasteiger partial charge >= 0.3 is 5.97 Å². The Bertz CT molecular complexity index is 688. The van der Waals surface area contributed by atoms with Gasteiger partial charge < -0.3 is 10.5 Å². The maximum atomic E-state index is 11.6. The summed E-state index contributed by atoms with van der Waals surface area (Å²) in [6.07, 6.45) is 3.51. The molecule has 0 bridgehead atoms. The molecule has 0 saturated carbocycles. The molecule has 20 heavy (non-hydrogen) atoms. The average molecular weight is 310 g/mol. The summed E-state index contributed by atoms with van der Waals surface area (Å²) in [5.74, 6) is -0.309. The molecular weight excluding hydrogens is 296 g/mol. The fraction of sp³-hybridized carbons (Fsp3) is 0.250. The molecule has 0 amide bonds. The van der Waals surface area contributed by atoms with Gasteiger partial charge in [-0.1, -0.05) is 0 Å². The highest BCUT2D eigenvalue weighted by Crippen LogP contribution is 2.17.